The van der Waals surface area contributed by atoms with Crippen molar-refractivity contribution in [2.75, 3.05) is 5.32 Å². The molecule has 1 N–H and O–H groups in total. The number of hydrogen-bond acceptors (Lipinski definition) is 5. The molecule has 0 aromatic carbocycles. The molecule has 0 spiro atoms. The molecule has 0 fully saturated rings. The van der Waals surface area contributed by atoms with Crippen molar-refractivity contribution in [2.45, 2.75) is 5.88 Å². The number of alkyl halides is 1. The van der Waals surface area contributed by atoms with E-state index in [1.165, 1.54) is 0 Å². The van der Waals surface area contributed by atoms with Crippen LogP contribution >= 0.6 is 11.6 Å². The predicted octanol–water partition coefficient (Wildman–Crippen LogP) is 1.29. The van der Waals surface area contributed by atoms with Crippen molar-refractivity contribution in [3.63, 3.8) is 0 Å². The van der Waals surface area contributed by atoms with Gasteiger partial charge in [0.25, 0.3) is 0 Å². The molecule has 0 saturated heterocycles. The fraction of sp³-hybridized carbons (Fsp3) is 0.286. The number of nitrogens with one attached hydrogen (secondary N) is 1. The summed E-state index contributed by atoms with van der Waals surface area (Å²) in [6.07, 6.45) is 3.47. The SMILES string of the molecule is Cn1ccnc1Nc1nnc(CCl)o1. The summed E-state index contributed by atoms with van der Waals surface area (Å²) < 4.78 is 6.94. The highest BCUT2D eigenvalue weighted by Crippen LogP contribution is 2.12. The van der Waals surface area contributed by atoms with Gasteiger partial charge in [-0.3, -0.25) is 5.32 Å². The number of aryl methyl sites for hydroxylation is 1. The molecule has 0 amide bonds. The van der Waals surface area contributed by atoms with E-state index in [0.29, 0.717) is 11.8 Å². The van der Waals surface area contributed by atoms with Crippen molar-refractivity contribution in [1.29, 1.82) is 0 Å². The molecule has 7 heteroatoms. The second-order valence-corrected chi connectivity index (χ2v) is 2.89. The summed E-state index contributed by atoms with van der Waals surface area (Å²) in [6, 6.07) is 0.287. The number of nitrogens with zero attached hydrogens (tertiary/aromatic N) is 4. The van der Waals surface area contributed by atoms with Crippen LogP contribution in [0.3, 0.4) is 0 Å². The monoisotopic (exact) mass is 213 g/mol. The van der Waals surface area contributed by atoms with Crippen molar-refractivity contribution in [1.82, 2.24) is 19.7 Å². The molecule has 0 unspecified atom stereocenters. The van der Waals surface area contributed by atoms with Crippen LogP contribution < -0.4 is 5.32 Å². The number of anilines is 2. The standard InChI is InChI=1S/C7H8ClN5O/c1-13-3-2-9-6(13)10-7-12-11-5(4-8)14-7/h2-3H,4H2,1H3,(H,9,10,12). The molecular formula is C7H8ClN5O. The average Bonchev–Trinajstić information content (AvgIpc) is 2.77. The topological polar surface area (TPSA) is 68.8 Å². The van der Waals surface area contributed by atoms with Gasteiger partial charge in [-0.15, -0.1) is 16.7 Å². The van der Waals surface area contributed by atoms with Crippen LogP contribution in [0.5, 0.6) is 0 Å². The fourth-order valence-electron chi connectivity index (χ4n) is 0.940. The number of hydrogen-bond donors (Lipinski definition) is 1. The normalized spacial score (nSPS) is 10.4. The molecule has 6 nitrogen and oxygen atoms in total. The second-order valence-electron chi connectivity index (χ2n) is 2.62. The third kappa shape index (κ3) is 1.69. The molecule has 2 aromatic heterocycles. The van der Waals surface area contributed by atoms with E-state index >= 15 is 0 Å². The predicted molar refractivity (Wildman–Crippen MR) is 50.3 cm³/mol. The van der Waals surface area contributed by atoms with Gasteiger partial charge in [0.2, 0.25) is 11.8 Å². The summed E-state index contributed by atoms with van der Waals surface area (Å²) in [5.74, 6) is 1.22. The average molecular weight is 214 g/mol. The lowest BCUT2D eigenvalue weighted by Crippen LogP contribution is -1.98. The maximum Gasteiger partial charge on any atom is 0.322 e. The molecule has 0 atom stereocenters. The molecule has 0 aliphatic rings. The van der Waals surface area contributed by atoms with Gasteiger partial charge in [0.15, 0.2) is 0 Å². The van der Waals surface area contributed by atoms with E-state index in [2.05, 4.69) is 20.5 Å². The van der Waals surface area contributed by atoms with E-state index in [1.807, 2.05) is 7.05 Å². The van der Waals surface area contributed by atoms with Crippen molar-refractivity contribution in [3.05, 3.63) is 18.3 Å². The minimum absolute atomic E-state index is 0.204. The zero-order valence-corrected chi connectivity index (χ0v) is 8.19. The molecule has 0 aliphatic carbocycles. The molecule has 0 saturated carbocycles. The Hall–Kier alpha value is -1.56. The Kier molecular flexibility index (Phi) is 2.36. The number of aromatic nitrogens is 4. The van der Waals surface area contributed by atoms with Gasteiger partial charge >= 0.3 is 6.01 Å². The second kappa shape index (κ2) is 3.67. The third-order valence-corrected chi connectivity index (χ3v) is 1.85. The summed E-state index contributed by atoms with van der Waals surface area (Å²) in [7, 11) is 1.86. The summed E-state index contributed by atoms with van der Waals surface area (Å²) in [4.78, 5) is 4.04. The lowest BCUT2D eigenvalue weighted by atomic mass is 10.8. The summed E-state index contributed by atoms with van der Waals surface area (Å²) in [6.45, 7) is 0. The van der Waals surface area contributed by atoms with Crippen LogP contribution in [0.2, 0.25) is 0 Å². The van der Waals surface area contributed by atoms with Crippen LogP contribution in [0.1, 0.15) is 5.89 Å². The van der Waals surface area contributed by atoms with Crippen molar-refractivity contribution in [2.24, 2.45) is 7.05 Å². The molecule has 2 heterocycles. The number of rotatable bonds is 3. The van der Waals surface area contributed by atoms with Gasteiger partial charge in [0.1, 0.15) is 5.88 Å². The Labute approximate surface area is 84.9 Å². The quantitative estimate of drug-likeness (QED) is 0.778. The highest BCUT2D eigenvalue weighted by Gasteiger charge is 2.06. The summed E-state index contributed by atoms with van der Waals surface area (Å²) in [5, 5.41) is 10.3. The van der Waals surface area contributed by atoms with Crippen molar-refractivity contribution < 1.29 is 4.42 Å². The van der Waals surface area contributed by atoms with Gasteiger partial charge in [0, 0.05) is 19.4 Å². The van der Waals surface area contributed by atoms with Crippen LogP contribution in [0.25, 0.3) is 0 Å². The maximum atomic E-state index is 5.51. The van der Waals surface area contributed by atoms with E-state index in [1.54, 1.807) is 17.0 Å². The first-order valence-corrected chi connectivity index (χ1v) is 4.45. The van der Waals surface area contributed by atoms with Crippen LogP contribution in [-0.4, -0.2) is 19.7 Å². The molecule has 14 heavy (non-hydrogen) atoms. The Morgan fingerprint density at radius 2 is 2.43 bits per heavy atom. The van der Waals surface area contributed by atoms with Crippen molar-refractivity contribution >= 4 is 23.6 Å². The van der Waals surface area contributed by atoms with E-state index in [4.69, 9.17) is 16.0 Å². The molecule has 0 aliphatic heterocycles. The maximum absolute atomic E-state index is 5.51. The van der Waals surface area contributed by atoms with Gasteiger partial charge in [-0.05, 0) is 0 Å². The largest absolute Gasteiger partial charge is 0.407 e. The molecule has 74 valence electrons. The highest BCUT2D eigenvalue weighted by atomic mass is 35.5. The van der Waals surface area contributed by atoms with E-state index in [9.17, 15) is 0 Å². The molecule has 2 rings (SSSR count). The first-order valence-electron chi connectivity index (χ1n) is 3.92. The zero-order valence-electron chi connectivity index (χ0n) is 7.44. The number of imidazole rings is 1. The van der Waals surface area contributed by atoms with Gasteiger partial charge in [-0.2, -0.15) is 0 Å². The Bertz CT molecular complexity index is 423. The van der Waals surface area contributed by atoms with Crippen LogP contribution in [-0.2, 0) is 12.9 Å². The summed E-state index contributed by atoms with van der Waals surface area (Å²) >= 11 is 5.51. The zero-order chi connectivity index (χ0) is 9.97. The molecular weight excluding hydrogens is 206 g/mol. The van der Waals surface area contributed by atoms with E-state index in [-0.39, 0.29) is 11.9 Å². The van der Waals surface area contributed by atoms with Crippen molar-refractivity contribution in [3.8, 4) is 0 Å². The fourth-order valence-corrected chi connectivity index (χ4v) is 1.05. The van der Waals surface area contributed by atoms with Crippen LogP contribution in [0.15, 0.2) is 16.8 Å². The first kappa shape index (κ1) is 9.01. The molecule has 2 aromatic rings. The van der Waals surface area contributed by atoms with Crippen LogP contribution in [0.4, 0.5) is 12.0 Å². The van der Waals surface area contributed by atoms with E-state index in [0.717, 1.165) is 0 Å². The Morgan fingerprint density at radius 1 is 1.57 bits per heavy atom. The summed E-state index contributed by atoms with van der Waals surface area (Å²) in [5.41, 5.74) is 0. The lowest BCUT2D eigenvalue weighted by Gasteiger charge is -1.99. The van der Waals surface area contributed by atoms with Crippen LogP contribution in [0, 0.1) is 0 Å². The van der Waals surface area contributed by atoms with E-state index < -0.39 is 0 Å². The Balaban J connectivity index is 2.15. The smallest absolute Gasteiger partial charge is 0.322 e. The van der Waals surface area contributed by atoms with Gasteiger partial charge in [0.05, 0.1) is 0 Å². The third-order valence-electron chi connectivity index (χ3n) is 1.62. The highest BCUT2D eigenvalue weighted by molar-refractivity contribution is 6.16. The first-order chi connectivity index (χ1) is 6.79. The minimum Gasteiger partial charge on any atom is -0.407 e. The molecule has 0 radical (unpaired) electrons. The van der Waals surface area contributed by atoms with Gasteiger partial charge in [-0.25, -0.2) is 4.98 Å². The Morgan fingerprint density at radius 3 is 3.00 bits per heavy atom. The number of halogens is 1. The minimum atomic E-state index is 0.204. The lowest BCUT2D eigenvalue weighted by molar-refractivity contribution is 0.529. The molecule has 0 bridgehead atoms. The van der Waals surface area contributed by atoms with Gasteiger partial charge in [-0.1, -0.05) is 5.10 Å². The van der Waals surface area contributed by atoms with Gasteiger partial charge < -0.3 is 8.98 Å².